The van der Waals surface area contributed by atoms with Gasteiger partial charge < -0.3 is 15.4 Å². The van der Waals surface area contributed by atoms with Gasteiger partial charge in [-0.15, -0.1) is 0 Å². The van der Waals surface area contributed by atoms with E-state index in [1.807, 2.05) is 0 Å². The molecule has 1 heterocycles. The Morgan fingerprint density at radius 3 is 2.48 bits per heavy atom. The van der Waals surface area contributed by atoms with Gasteiger partial charge in [-0.3, -0.25) is 14.9 Å². The van der Waals surface area contributed by atoms with Gasteiger partial charge in [-0.1, -0.05) is 43.0 Å². The van der Waals surface area contributed by atoms with Crippen molar-refractivity contribution < 1.29 is 23.9 Å². The number of aromatic nitrogens is 2. The average molecular weight is 444 g/mol. The molecule has 0 aliphatic carbocycles. The molecule has 0 radical (unpaired) electrons. The highest BCUT2D eigenvalue weighted by molar-refractivity contribution is 6.18. The zero-order chi connectivity index (χ0) is 23.5. The van der Waals surface area contributed by atoms with Crippen LogP contribution in [0.15, 0.2) is 67.2 Å². The molecule has 4 rings (SSSR count). The number of H-pyrrole nitrogens is 1. The van der Waals surface area contributed by atoms with Gasteiger partial charge in [-0.2, -0.15) is 0 Å². The summed E-state index contributed by atoms with van der Waals surface area (Å²) in [5.74, 6) is -1.69. The van der Waals surface area contributed by atoms with E-state index in [0.717, 1.165) is 0 Å². The van der Waals surface area contributed by atoms with Crippen LogP contribution in [0.4, 0.5) is 20.8 Å². The van der Waals surface area contributed by atoms with Crippen LogP contribution in [0.1, 0.15) is 31.8 Å². The van der Waals surface area contributed by atoms with E-state index in [-0.39, 0.29) is 33.9 Å². The summed E-state index contributed by atoms with van der Waals surface area (Å²) in [5.41, 5.74) is 1.56. The molecule has 0 unspecified atom stereocenters. The first-order valence-electron chi connectivity index (χ1n) is 9.73. The Morgan fingerprint density at radius 1 is 1.00 bits per heavy atom. The molecule has 33 heavy (non-hydrogen) atoms. The molecule has 164 valence electrons. The van der Waals surface area contributed by atoms with Gasteiger partial charge in [0.15, 0.2) is 11.6 Å². The molecule has 8 nitrogen and oxygen atoms in total. The number of carboxylic acid groups (broad SMARTS) is 1. The largest absolute Gasteiger partial charge is 0.465 e. The van der Waals surface area contributed by atoms with E-state index in [1.54, 1.807) is 24.3 Å². The van der Waals surface area contributed by atoms with Gasteiger partial charge >= 0.3 is 6.09 Å². The lowest BCUT2D eigenvalue weighted by molar-refractivity contribution is 0.0996. The summed E-state index contributed by atoms with van der Waals surface area (Å²) in [5, 5.41) is 13.4. The van der Waals surface area contributed by atoms with Crippen LogP contribution in [-0.2, 0) is 0 Å². The minimum Gasteiger partial charge on any atom is -0.465 e. The van der Waals surface area contributed by atoms with Crippen molar-refractivity contribution in [2.24, 2.45) is 0 Å². The first kappa shape index (κ1) is 21.4. The summed E-state index contributed by atoms with van der Waals surface area (Å²) in [7, 11) is 0. The first-order valence-corrected chi connectivity index (χ1v) is 9.73. The number of fused-ring (bicyclic) bond motifs is 1. The van der Waals surface area contributed by atoms with E-state index in [1.165, 1.54) is 42.5 Å². The number of ketones is 1. The lowest BCUT2D eigenvalue weighted by atomic mass is 9.97. The Kier molecular flexibility index (Phi) is 5.69. The third-order valence-corrected chi connectivity index (χ3v) is 4.88. The monoisotopic (exact) mass is 444 g/mol. The summed E-state index contributed by atoms with van der Waals surface area (Å²) in [6, 6.07) is 15.3. The van der Waals surface area contributed by atoms with Gasteiger partial charge in [-0.25, -0.2) is 14.2 Å². The summed E-state index contributed by atoms with van der Waals surface area (Å²) in [4.78, 5) is 43.8. The van der Waals surface area contributed by atoms with Crippen molar-refractivity contribution in [1.82, 2.24) is 9.97 Å². The van der Waals surface area contributed by atoms with Crippen LogP contribution in [-0.4, -0.2) is 32.9 Å². The zero-order valence-corrected chi connectivity index (χ0v) is 17.1. The molecule has 0 atom stereocenters. The third kappa shape index (κ3) is 4.33. The van der Waals surface area contributed by atoms with Crippen molar-refractivity contribution in [3.63, 3.8) is 0 Å². The zero-order valence-electron chi connectivity index (χ0n) is 17.1. The fourth-order valence-corrected chi connectivity index (χ4v) is 3.34. The summed E-state index contributed by atoms with van der Waals surface area (Å²) < 4.78 is 14.5. The highest BCUT2D eigenvalue weighted by Crippen LogP contribution is 2.23. The van der Waals surface area contributed by atoms with Crippen molar-refractivity contribution >= 4 is 46.5 Å². The molecule has 4 N–H and O–H groups in total. The van der Waals surface area contributed by atoms with Gasteiger partial charge in [-0.05, 0) is 30.3 Å². The molecular weight excluding hydrogens is 427 g/mol. The highest BCUT2D eigenvalue weighted by atomic mass is 19.1. The number of nitrogens with one attached hydrogen (secondary N) is 3. The summed E-state index contributed by atoms with van der Waals surface area (Å²) in [6.07, 6.45) is 0.0613. The van der Waals surface area contributed by atoms with Gasteiger partial charge in [0.05, 0.1) is 22.3 Å². The Hall–Kier alpha value is -4.79. The number of rotatable bonds is 6. The summed E-state index contributed by atoms with van der Waals surface area (Å²) >= 11 is 0. The molecule has 9 heteroatoms. The Labute approximate surface area is 186 Å². The second kappa shape index (κ2) is 8.75. The standard InChI is InChI=1S/C24H17FN4O4/c1-2-13-6-5-9-18(20(13)25)26-22(31)16-8-4-3-7-15(16)21(30)14-10-11-17-19(12-14)28-23(27-17)29-24(32)33/h2-12H,1H2,(H,26,31)(H,32,33)(H2,27,28,29). The Morgan fingerprint density at radius 2 is 1.76 bits per heavy atom. The fraction of sp³-hybridized carbons (Fsp3) is 0. The Bertz CT molecular complexity index is 1430. The lowest BCUT2D eigenvalue weighted by Gasteiger charge is -2.11. The van der Waals surface area contributed by atoms with Crippen molar-refractivity contribution in [2.45, 2.75) is 0 Å². The Balaban J connectivity index is 1.65. The SMILES string of the molecule is C=Cc1cccc(NC(=O)c2ccccc2C(=O)c2ccc3nc(NC(=O)O)[nH]c3c2)c1F. The molecule has 0 saturated heterocycles. The molecule has 0 spiro atoms. The van der Waals surface area contributed by atoms with Crippen molar-refractivity contribution in [3.05, 3.63) is 95.3 Å². The first-order chi connectivity index (χ1) is 15.9. The smallest absolute Gasteiger partial charge is 0.411 e. The second-order valence-corrected chi connectivity index (χ2v) is 6.99. The van der Waals surface area contributed by atoms with Crippen molar-refractivity contribution in [1.29, 1.82) is 0 Å². The normalized spacial score (nSPS) is 10.6. The van der Waals surface area contributed by atoms with E-state index in [0.29, 0.717) is 11.0 Å². The van der Waals surface area contributed by atoms with Crippen LogP contribution < -0.4 is 10.6 Å². The van der Waals surface area contributed by atoms with Crippen LogP contribution in [0.2, 0.25) is 0 Å². The number of hydrogen-bond donors (Lipinski definition) is 4. The molecule has 1 aromatic heterocycles. The van der Waals surface area contributed by atoms with Crippen LogP contribution >= 0.6 is 0 Å². The number of halogens is 1. The molecule has 0 saturated carbocycles. The van der Waals surface area contributed by atoms with Crippen molar-refractivity contribution in [2.75, 3.05) is 10.6 Å². The maximum Gasteiger partial charge on any atom is 0.411 e. The van der Waals surface area contributed by atoms with Gasteiger partial charge in [0.1, 0.15) is 0 Å². The topological polar surface area (TPSA) is 124 Å². The molecular formula is C24H17FN4O4. The van der Waals surface area contributed by atoms with Crippen molar-refractivity contribution in [3.8, 4) is 0 Å². The fourth-order valence-electron chi connectivity index (χ4n) is 3.34. The quantitative estimate of drug-likeness (QED) is 0.314. The molecule has 0 fully saturated rings. The van der Waals surface area contributed by atoms with E-state index in [2.05, 4.69) is 27.2 Å². The average Bonchev–Trinajstić information content (AvgIpc) is 3.20. The van der Waals surface area contributed by atoms with Crippen LogP contribution in [0, 0.1) is 5.82 Å². The lowest BCUT2D eigenvalue weighted by Crippen LogP contribution is -2.17. The molecule has 3 aromatic carbocycles. The van der Waals surface area contributed by atoms with Gasteiger partial charge in [0.2, 0.25) is 5.95 Å². The number of nitrogens with zero attached hydrogens (tertiary/aromatic N) is 1. The molecule has 4 aromatic rings. The van der Waals surface area contributed by atoms with E-state index in [4.69, 9.17) is 5.11 Å². The van der Waals surface area contributed by atoms with E-state index < -0.39 is 23.6 Å². The van der Waals surface area contributed by atoms with Gasteiger partial charge in [0.25, 0.3) is 5.91 Å². The number of aromatic amines is 1. The number of anilines is 2. The predicted octanol–water partition coefficient (Wildman–Crippen LogP) is 4.92. The maximum absolute atomic E-state index is 14.5. The number of hydrogen-bond acceptors (Lipinski definition) is 4. The third-order valence-electron chi connectivity index (χ3n) is 4.88. The predicted molar refractivity (Wildman–Crippen MR) is 122 cm³/mol. The number of imidazole rings is 1. The number of carbonyl (C=O) groups is 3. The molecule has 0 aliphatic rings. The summed E-state index contributed by atoms with van der Waals surface area (Å²) in [6.45, 7) is 3.54. The number of benzene rings is 3. The minimum absolute atomic E-state index is 0.0191. The van der Waals surface area contributed by atoms with Crippen LogP contribution in [0.5, 0.6) is 0 Å². The number of carbonyl (C=O) groups excluding carboxylic acids is 2. The molecule has 2 amide bonds. The highest BCUT2D eigenvalue weighted by Gasteiger charge is 2.20. The number of amides is 2. The molecule has 0 aliphatic heterocycles. The van der Waals surface area contributed by atoms with Gasteiger partial charge in [0, 0.05) is 16.7 Å². The van der Waals surface area contributed by atoms with Crippen LogP contribution in [0.25, 0.3) is 17.1 Å². The van der Waals surface area contributed by atoms with Crippen LogP contribution in [0.3, 0.4) is 0 Å². The second-order valence-electron chi connectivity index (χ2n) is 6.99. The minimum atomic E-state index is -1.28. The van der Waals surface area contributed by atoms with E-state index in [9.17, 15) is 18.8 Å². The molecule has 0 bridgehead atoms. The maximum atomic E-state index is 14.5. The van der Waals surface area contributed by atoms with E-state index >= 15 is 0 Å².